The first-order valence-corrected chi connectivity index (χ1v) is 8.73. The van der Waals surface area contributed by atoms with Crippen molar-refractivity contribution in [3.05, 3.63) is 59.9 Å². The van der Waals surface area contributed by atoms with Crippen LogP contribution in [0.5, 0.6) is 0 Å². The van der Waals surface area contributed by atoms with Gasteiger partial charge in [-0.25, -0.2) is 4.39 Å². The van der Waals surface area contributed by atoms with Crippen molar-refractivity contribution in [3.63, 3.8) is 0 Å². The summed E-state index contributed by atoms with van der Waals surface area (Å²) in [4.78, 5) is 14.7. The normalized spacial score (nSPS) is 17.0. The third-order valence-corrected chi connectivity index (χ3v) is 4.77. The predicted octanol–water partition coefficient (Wildman–Crippen LogP) is 3.67. The first-order valence-electron chi connectivity index (χ1n) is 8.73. The molecule has 2 aromatic heterocycles. The summed E-state index contributed by atoms with van der Waals surface area (Å²) in [6.45, 7) is 3.42. The van der Waals surface area contributed by atoms with Crippen LogP contribution in [0.15, 0.2) is 47.1 Å². The Bertz CT molecular complexity index is 933. The number of carbonyl (C=O) groups excluding carboxylic acids is 1. The van der Waals surface area contributed by atoms with Gasteiger partial charge in [0.05, 0.1) is 11.7 Å². The summed E-state index contributed by atoms with van der Waals surface area (Å²) in [6.07, 6.45) is 3.55. The van der Waals surface area contributed by atoms with Crippen molar-refractivity contribution in [3.8, 4) is 11.3 Å². The molecule has 134 valence electrons. The molecule has 7 heteroatoms. The zero-order valence-electron chi connectivity index (χ0n) is 14.4. The number of carbonyl (C=O) groups is 1. The average Bonchev–Trinajstić information content (AvgIpc) is 3.39. The molecular formula is C19H19FN4O2. The highest BCUT2D eigenvalue weighted by molar-refractivity contribution is 5.93. The van der Waals surface area contributed by atoms with E-state index in [0.717, 1.165) is 25.1 Å². The first kappa shape index (κ1) is 16.5. The molecule has 4 rings (SSSR count). The molecule has 6 nitrogen and oxygen atoms in total. The minimum atomic E-state index is -0.398. The van der Waals surface area contributed by atoms with Crippen LogP contribution in [0.2, 0.25) is 0 Å². The second-order valence-electron chi connectivity index (χ2n) is 6.28. The molecule has 1 aromatic carbocycles. The molecule has 26 heavy (non-hydrogen) atoms. The number of halogens is 1. The molecule has 0 unspecified atom stereocenters. The molecule has 0 saturated carbocycles. The van der Waals surface area contributed by atoms with E-state index in [-0.39, 0.29) is 17.7 Å². The highest BCUT2D eigenvalue weighted by Crippen LogP contribution is 2.33. The number of nitrogens with zero attached hydrogens (tertiary/aromatic N) is 4. The van der Waals surface area contributed by atoms with Crippen LogP contribution in [0.3, 0.4) is 0 Å². The van der Waals surface area contributed by atoms with Gasteiger partial charge in [-0.15, -0.1) is 0 Å². The smallest absolute Gasteiger partial charge is 0.293 e. The van der Waals surface area contributed by atoms with Gasteiger partial charge < -0.3 is 9.42 Å². The summed E-state index contributed by atoms with van der Waals surface area (Å²) in [7, 11) is 0. The van der Waals surface area contributed by atoms with Crippen LogP contribution in [-0.2, 0) is 6.54 Å². The molecule has 1 amide bonds. The Morgan fingerprint density at radius 3 is 3.00 bits per heavy atom. The Balaban J connectivity index is 1.61. The van der Waals surface area contributed by atoms with E-state index in [1.54, 1.807) is 29.3 Å². The fourth-order valence-electron chi connectivity index (χ4n) is 3.52. The standard InChI is InChI=1S/C19H19FN4O2/c1-2-24-17(9-10-21-24)16-8-5-11-23(16)19(25)18-12-15(22-26-18)13-6-3-4-7-14(13)20/h3-4,6-7,9-10,12,16H,2,5,8,11H2,1H3/t16-/m0/s1. The maximum absolute atomic E-state index is 13.9. The van der Waals surface area contributed by atoms with Crippen molar-refractivity contribution in [2.24, 2.45) is 0 Å². The summed E-state index contributed by atoms with van der Waals surface area (Å²) >= 11 is 0. The second kappa shape index (κ2) is 6.74. The molecule has 0 N–H and O–H groups in total. The van der Waals surface area contributed by atoms with Crippen LogP contribution >= 0.6 is 0 Å². The van der Waals surface area contributed by atoms with Crippen LogP contribution in [0.1, 0.15) is 42.1 Å². The Hall–Kier alpha value is -2.96. The highest BCUT2D eigenvalue weighted by Gasteiger charge is 2.34. The third kappa shape index (κ3) is 2.79. The van der Waals surface area contributed by atoms with E-state index in [2.05, 4.69) is 10.3 Å². The number of amides is 1. The fourth-order valence-corrected chi connectivity index (χ4v) is 3.52. The quantitative estimate of drug-likeness (QED) is 0.717. The van der Waals surface area contributed by atoms with Crippen molar-refractivity contribution < 1.29 is 13.7 Å². The number of hydrogen-bond donors (Lipinski definition) is 0. The predicted molar refractivity (Wildman–Crippen MR) is 92.8 cm³/mol. The lowest BCUT2D eigenvalue weighted by Crippen LogP contribution is -2.31. The maximum atomic E-state index is 13.9. The number of hydrogen-bond acceptors (Lipinski definition) is 4. The van der Waals surface area contributed by atoms with E-state index >= 15 is 0 Å². The number of aromatic nitrogens is 3. The zero-order chi connectivity index (χ0) is 18.1. The monoisotopic (exact) mass is 354 g/mol. The van der Waals surface area contributed by atoms with Gasteiger partial charge >= 0.3 is 0 Å². The number of rotatable bonds is 4. The topological polar surface area (TPSA) is 64.2 Å². The van der Waals surface area contributed by atoms with E-state index < -0.39 is 5.82 Å². The molecule has 1 aliphatic rings. The lowest BCUT2D eigenvalue weighted by Gasteiger charge is -2.24. The van der Waals surface area contributed by atoms with Crippen molar-refractivity contribution in [1.29, 1.82) is 0 Å². The average molecular weight is 354 g/mol. The molecule has 0 aliphatic carbocycles. The molecule has 1 saturated heterocycles. The van der Waals surface area contributed by atoms with Gasteiger partial charge in [0.15, 0.2) is 0 Å². The Morgan fingerprint density at radius 2 is 2.19 bits per heavy atom. The molecule has 0 bridgehead atoms. The Morgan fingerprint density at radius 1 is 1.35 bits per heavy atom. The van der Waals surface area contributed by atoms with E-state index in [1.165, 1.54) is 12.1 Å². The Labute approximate surface area is 150 Å². The van der Waals surface area contributed by atoms with Crippen LogP contribution in [-0.4, -0.2) is 32.3 Å². The van der Waals surface area contributed by atoms with Crippen LogP contribution < -0.4 is 0 Å². The highest BCUT2D eigenvalue weighted by atomic mass is 19.1. The molecule has 3 heterocycles. The Kier molecular flexibility index (Phi) is 4.28. The first-order chi connectivity index (χ1) is 12.7. The maximum Gasteiger partial charge on any atom is 0.293 e. The zero-order valence-corrected chi connectivity index (χ0v) is 14.4. The number of likely N-dealkylation sites (tertiary alicyclic amines) is 1. The van der Waals surface area contributed by atoms with Gasteiger partial charge in [0.25, 0.3) is 5.91 Å². The summed E-state index contributed by atoms with van der Waals surface area (Å²) < 4.78 is 21.1. The van der Waals surface area contributed by atoms with Gasteiger partial charge in [-0.1, -0.05) is 17.3 Å². The summed E-state index contributed by atoms with van der Waals surface area (Å²) in [6, 6.07) is 9.71. The van der Waals surface area contributed by atoms with Crippen LogP contribution in [0.4, 0.5) is 4.39 Å². The van der Waals surface area contributed by atoms with E-state index in [4.69, 9.17) is 4.52 Å². The largest absolute Gasteiger partial charge is 0.350 e. The van der Waals surface area contributed by atoms with Crippen LogP contribution in [0, 0.1) is 5.82 Å². The molecule has 0 spiro atoms. The van der Waals surface area contributed by atoms with E-state index in [0.29, 0.717) is 17.8 Å². The lowest BCUT2D eigenvalue weighted by molar-refractivity contribution is 0.0687. The molecule has 1 atom stereocenters. The number of aryl methyl sites for hydroxylation is 1. The summed E-state index contributed by atoms with van der Waals surface area (Å²) in [5, 5.41) is 8.18. The second-order valence-corrected chi connectivity index (χ2v) is 6.28. The number of benzene rings is 1. The van der Waals surface area contributed by atoms with Crippen molar-refractivity contribution in [1.82, 2.24) is 19.8 Å². The van der Waals surface area contributed by atoms with Gasteiger partial charge in [-0.3, -0.25) is 9.48 Å². The fraction of sp³-hybridized carbons (Fsp3) is 0.316. The minimum absolute atomic E-state index is 0.0352. The molecule has 0 radical (unpaired) electrons. The van der Waals surface area contributed by atoms with Gasteiger partial charge in [-0.2, -0.15) is 5.10 Å². The molecular weight excluding hydrogens is 335 g/mol. The molecule has 1 aliphatic heterocycles. The minimum Gasteiger partial charge on any atom is -0.350 e. The SMILES string of the molecule is CCn1nccc1[C@@H]1CCCN1C(=O)c1cc(-c2ccccc2F)no1. The van der Waals surface area contributed by atoms with E-state index in [1.807, 2.05) is 17.7 Å². The van der Waals surface area contributed by atoms with Crippen molar-refractivity contribution >= 4 is 5.91 Å². The van der Waals surface area contributed by atoms with Gasteiger partial charge in [0, 0.05) is 30.9 Å². The van der Waals surface area contributed by atoms with E-state index in [9.17, 15) is 9.18 Å². The van der Waals surface area contributed by atoms with Gasteiger partial charge in [0.2, 0.25) is 5.76 Å². The van der Waals surface area contributed by atoms with Gasteiger partial charge in [-0.05, 0) is 38.0 Å². The lowest BCUT2D eigenvalue weighted by atomic mass is 10.1. The molecule has 1 fully saturated rings. The third-order valence-electron chi connectivity index (χ3n) is 4.77. The summed E-state index contributed by atoms with van der Waals surface area (Å²) in [5.41, 5.74) is 1.66. The van der Waals surface area contributed by atoms with Crippen molar-refractivity contribution in [2.45, 2.75) is 32.4 Å². The van der Waals surface area contributed by atoms with Gasteiger partial charge in [0.1, 0.15) is 11.5 Å². The molecule has 3 aromatic rings. The summed E-state index contributed by atoms with van der Waals surface area (Å²) in [5.74, 6) is -0.505. The van der Waals surface area contributed by atoms with Crippen LogP contribution in [0.25, 0.3) is 11.3 Å². The van der Waals surface area contributed by atoms with Crippen molar-refractivity contribution in [2.75, 3.05) is 6.54 Å².